The van der Waals surface area contributed by atoms with Crippen LogP contribution in [-0.2, 0) is 11.3 Å². The minimum Gasteiger partial charge on any atom is -0.399 e. The van der Waals surface area contributed by atoms with Gasteiger partial charge in [0, 0.05) is 43.2 Å². The minimum atomic E-state index is 0.0779. The lowest BCUT2D eigenvalue weighted by Gasteiger charge is -2.15. The third-order valence-corrected chi connectivity index (χ3v) is 4.10. The first-order chi connectivity index (χ1) is 12.3. The Morgan fingerprint density at radius 2 is 1.96 bits per heavy atom. The molecule has 0 aliphatic rings. The predicted molar refractivity (Wildman–Crippen MR) is 110 cm³/mol. The van der Waals surface area contributed by atoms with E-state index < -0.39 is 0 Å². The number of likely N-dealkylation sites (N-methyl/N-ethyl adjacent to an activating group) is 1. The molecule has 1 amide bonds. The number of aromatic nitrogens is 1. The first-order valence-electron chi connectivity index (χ1n) is 9.05. The number of rotatable bonds is 6. The van der Waals surface area contributed by atoms with E-state index in [9.17, 15) is 9.59 Å². The number of nitrogens with two attached hydrogens (primary N) is 1. The largest absolute Gasteiger partial charge is 0.399 e. The van der Waals surface area contributed by atoms with Gasteiger partial charge in [0.15, 0.2) is 0 Å². The number of benzene rings is 1. The fraction of sp³-hybridized carbons (Fsp3) is 0.500. The van der Waals surface area contributed by atoms with Crippen molar-refractivity contribution < 1.29 is 4.79 Å². The highest BCUT2D eigenvalue weighted by Crippen LogP contribution is 2.17. The lowest BCUT2D eigenvalue weighted by atomic mass is 10.1. The fourth-order valence-corrected chi connectivity index (χ4v) is 2.54. The van der Waals surface area contributed by atoms with E-state index in [-0.39, 0.29) is 11.5 Å². The Balaban J connectivity index is 0.000000359. The Kier molecular flexibility index (Phi) is 8.85. The van der Waals surface area contributed by atoms with Crippen LogP contribution in [0.5, 0.6) is 0 Å². The van der Waals surface area contributed by atoms with Gasteiger partial charge in [0.1, 0.15) is 0 Å². The zero-order valence-corrected chi connectivity index (χ0v) is 16.6. The van der Waals surface area contributed by atoms with Crippen molar-refractivity contribution in [1.29, 1.82) is 0 Å². The second kappa shape index (κ2) is 10.6. The summed E-state index contributed by atoms with van der Waals surface area (Å²) in [5, 5.41) is 3.58. The number of pyridine rings is 1. The van der Waals surface area contributed by atoms with Crippen LogP contribution < -0.4 is 16.6 Å². The van der Waals surface area contributed by atoms with Crippen LogP contribution in [0.1, 0.15) is 31.7 Å². The number of nitrogen functional groups attached to an aromatic ring is 1. The van der Waals surface area contributed by atoms with E-state index in [0.717, 1.165) is 41.5 Å². The van der Waals surface area contributed by atoms with E-state index in [2.05, 4.69) is 17.1 Å². The third-order valence-electron chi connectivity index (χ3n) is 4.10. The van der Waals surface area contributed by atoms with E-state index in [4.69, 9.17) is 5.73 Å². The summed E-state index contributed by atoms with van der Waals surface area (Å²) >= 11 is 0. The molecule has 0 aliphatic heterocycles. The molecule has 0 unspecified atom stereocenters. The average molecular weight is 361 g/mol. The second-order valence-electron chi connectivity index (χ2n) is 6.68. The van der Waals surface area contributed by atoms with Gasteiger partial charge >= 0.3 is 0 Å². The summed E-state index contributed by atoms with van der Waals surface area (Å²) in [6.45, 7) is 5.44. The minimum absolute atomic E-state index is 0.0779. The second-order valence-corrected chi connectivity index (χ2v) is 6.68. The molecule has 0 atom stereocenters. The van der Waals surface area contributed by atoms with Gasteiger partial charge in [-0.2, -0.15) is 0 Å². The van der Waals surface area contributed by atoms with Gasteiger partial charge in [0.25, 0.3) is 5.56 Å². The molecular weight excluding hydrogens is 328 g/mol. The molecule has 6 nitrogen and oxygen atoms in total. The Hall–Kier alpha value is -2.34. The molecule has 1 heterocycles. The normalized spacial score (nSPS) is 10.5. The maximum absolute atomic E-state index is 12.2. The van der Waals surface area contributed by atoms with Gasteiger partial charge in [-0.05, 0) is 51.7 Å². The van der Waals surface area contributed by atoms with Crippen LogP contribution in [-0.4, -0.2) is 43.1 Å². The third kappa shape index (κ3) is 6.52. The van der Waals surface area contributed by atoms with Gasteiger partial charge in [-0.3, -0.25) is 9.59 Å². The van der Waals surface area contributed by atoms with E-state index in [1.807, 2.05) is 49.9 Å². The number of nitrogens with one attached hydrogen (secondary N) is 1. The van der Waals surface area contributed by atoms with Crippen molar-refractivity contribution in [3.63, 3.8) is 0 Å². The monoisotopic (exact) mass is 360 g/mol. The molecule has 0 aliphatic carbocycles. The van der Waals surface area contributed by atoms with Crippen molar-refractivity contribution in [2.24, 2.45) is 0 Å². The topological polar surface area (TPSA) is 80.4 Å². The van der Waals surface area contributed by atoms with Crippen molar-refractivity contribution in [1.82, 2.24) is 14.8 Å². The van der Waals surface area contributed by atoms with Gasteiger partial charge in [0.2, 0.25) is 5.91 Å². The molecule has 0 spiro atoms. The molecule has 3 N–H and O–H groups in total. The van der Waals surface area contributed by atoms with Gasteiger partial charge < -0.3 is 20.5 Å². The first kappa shape index (κ1) is 21.7. The SMILES string of the molecule is CCCCC(=O)NC.Cc1cc2cc(N)ccc2n(CCN(C)C)c1=O. The van der Waals surface area contributed by atoms with Crippen LogP contribution in [0.15, 0.2) is 29.1 Å². The lowest BCUT2D eigenvalue weighted by molar-refractivity contribution is -0.120. The van der Waals surface area contributed by atoms with Gasteiger partial charge in [-0.1, -0.05) is 13.3 Å². The first-order valence-corrected chi connectivity index (χ1v) is 9.05. The number of fused-ring (bicyclic) bond motifs is 1. The molecule has 0 saturated heterocycles. The molecular formula is C20H32N4O2. The number of hydrogen-bond acceptors (Lipinski definition) is 4. The van der Waals surface area contributed by atoms with Gasteiger partial charge in [0.05, 0.1) is 5.52 Å². The van der Waals surface area contributed by atoms with Crippen LogP contribution in [0.3, 0.4) is 0 Å². The van der Waals surface area contributed by atoms with E-state index >= 15 is 0 Å². The van der Waals surface area contributed by atoms with Crippen LogP contribution in [0.25, 0.3) is 10.9 Å². The number of aryl methyl sites for hydroxylation is 1. The molecule has 26 heavy (non-hydrogen) atoms. The van der Waals surface area contributed by atoms with E-state index in [0.29, 0.717) is 13.0 Å². The number of nitrogens with zero attached hydrogens (tertiary/aromatic N) is 2. The van der Waals surface area contributed by atoms with Gasteiger partial charge in [-0.25, -0.2) is 0 Å². The Bertz CT molecular complexity index is 781. The van der Waals surface area contributed by atoms with Crippen LogP contribution >= 0.6 is 0 Å². The summed E-state index contributed by atoms with van der Waals surface area (Å²) in [5.41, 5.74) is 8.29. The summed E-state index contributed by atoms with van der Waals surface area (Å²) in [7, 11) is 5.67. The fourth-order valence-electron chi connectivity index (χ4n) is 2.54. The van der Waals surface area contributed by atoms with Crippen molar-refractivity contribution in [3.05, 3.63) is 40.2 Å². The smallest absolute Gasteiger partial charge is 0.253 e. The Morgan fingerprint density at radius 3 is 2.54 bits per heavy atom. The van der Waals surface area contributed by atoms with Crippen molar-refractivity contribution >= 4 is 22.5 Å². The molecule has 0 saturated carbocycles. The quantitative estimate of drug-likeness (QED) is 0.775. The molecule has 0 fully saturated rings. The molecule has 0 bridgehead atoms. The predicted octanol–water partition coefficient (Wildman–Crippen LogP) is 2.38. The highest BCUT2D eigenvalue weighted by atomic mass is 16.1. The van der Waals surface area contributed by atoms with Crippen molar-refractivity contribution in [2.75, 3.05) is 33.4 Å². The summed E-state index contributed by atoms with van der Waals surface area (Å²) in [4.78, 5) is 24.7. The Morgan fingerprint density at radius 1 is 1.27 bits per heavy atom. The molecule has 1 aromatic heterocycles. The zero-order chi connectivity index (χ0) is 19.7. The van der Waals surface area contributed by atoms with E-state index in [1.54, 1.807) is 7.05 Å². The van der Waals surface area contributed by atoms with E-state index in [1.165, 1.54) is 0 Å². The highest BCUT2D eigenvalue weighted by molar-refractivity contribution is 5.82. The van der Waals surface area contributed by atoms with Crippen molar-refractivity contribution in [3.8, 4) is 0 Å². The van der Waals surface area contributed by atoms with Crippen LogP contribution in [0.4, 0.5) is 5.69 Å². The summed E-state index contributed by atoms with van der Waals surface area (Å²) in [5.74, 6) is 0.145. The average Bonchev–Trinajstić information content (AvgIpc) is 2.60. The number of anilines is 1. The number of carbonyl (C=O) groups is 1. The highest BCUT2D eigenvalue weighted by Gasteiger charge is 2.07. The molecule has 2 rings (SSSR count). The maximum Gasteiger partial charge on any atom is 0.253 e. The summed E-state index contributed by atoms with van der Waals surface area (Å²) < 4.78 is 1.82. The molecule has 6 heteroatoms. The molecule has 2 aromatic rings. The summed E-state index contributed by atoms with van der Waals surface area (Å²) in [6, 6.07) is 7.57. The number of hydrogen-bond donors (Lipinski definition) is 2. The summed E-state index contributed by atoms with van der Waals surface area (Å²) in [6.07, 6.45) is 2.76. The molecule has 1 aromatic carbocycles. The number of unbranched alkanes of at least 4 members (excludes halogenated alkanes) is 1. The number of amides is 1. The zero-order valence-electron chi connectivity index (χ0n) is 16.6. The Labute approximate surface area is 156 Å². The van der Waals surface area contributed by atoms with Crippen LogP contribution in [0.2, 0.25) is 0 Å². The number of carbonyl (C=O) groups excluding carboxylic acids is 1. The van der Waals surface area contributed by atoms with Crippen molar-refractivity contribution in [2.45, 2.75) is 39.7 Å². The lowest BCUT2D eigenvalue weighted by Crippen LogP contribution is -2.28. The standard InChI is InChI=1S/C14H19N3O.C6H13NO/c1-10-8-11-9-12(15)4-5-13(11)17(14(10)18)7-6-16(2)3;1-3-4-5-6(8)7-2/h4-5,8-9H,6-7,15H2,1-3H3;3-5H2,1-2H3,(H,7,8). The maximum atomic E-state index is 12.2. The molecule has 144 valence electrons. The van der Waals surface area contributed by atoms with Gasteiger partial charge in [-0.15, -0.1) is 0 Å². The molecule has 0 radical (unpaired) electrons. The van der Waals surface area contributed by atoms with Crippen LogP contribution in [0, 0.1) is 6.92 Å².